The van der Waals surface area contributed by atoms with E-state index in [1.165, 1.54) is 0 Å². The summed E-state index contributed by atoms with van der Waals surface area (Å²) in [5.41, 5.74) is 1.19. The van der Waals surface area contributed by atoms with Crippen LogP contribution < -0.4 is 0 Å². The van der Waals surface area contributed by atoms with Crippen molar-refractivity contribution in [1.29, 1.82) is 0 Å². The lowest BCUT2D eigenvalue weighted by Gasteiger charge is -2.08. The summed E-state index contributed by atoms with van der Waals surface area (Å²) in [5.74, 6) is 0.134. The smallest absolute Gasteiger partial charge is 0.187 e. The molecule has 0 fully saturated rings. The first-order chi connectivity index (χ1) is 8.13. The zero-order valence-electron chi connectivity index (χ0n) is 10.4. The molecule has 0 N–H and O–H groups in total. The molecule has 0 spiro atoms. The monoisotopic (exact) mass is 230 g/mol. The number of hydrogen-bond donors (Lipinski definition) is 0. The zero-order valence-corrected chi connectivity index (χ0v) is 10.4. The summed E-state index contributed by atoms with van der Waals surface area (Å²) in [6.07, 6.45) is 2.50. The fourth-order valence-corrected chi connectivity index (χ4v) is 1.61. The standard InChI is InChI=1S/C14H18N2O/c1-15-13-8-6-7-12(11-13)14(17)9-4-5-10-16(2)3/h6-8,11H,4-5,9-10H2,2-3H3. The van der Waals surface area contributed by atoms with E-state index in [1.54, 1.807) is 24.3 Å². The molecule has 0 radical (unpaired) electrons. The van der Waals surface area contributed by atoms with E-state index in [9.17, 15) is 4.79 Å². The number of nitrogens with zero attached hydrogens (tertiary/aromatic N) is 2. The van der Waals surface area contributed by atoms with Gasteiger partial charge in [0.15, 0.2) is 11.5 Å². The number of benzene rings is 1. The van der Waals surface area contributed by atoms with Crippen LogP contribution in [0.3, 0.4) is 0 Å². The fourth-order valence-electron chi connectivity index (χ4n) is 1.61. The van der Waals surface area contributed by atoms with Crippen LogP contribution in [-0.4, -0.2) is 31.3 Å². The highest BCUT2D eigenvalue weighted by Gasteiger charge is 2.06. The number of rotatable bonds is 6. The molecule has 1 rings (SSSR count). The highest BCUT2D eigenvalue weighted by molar-refractivity contribution is 5.96. The van der Waals surface area contributed by atoms with Gasteiger partial charge in [0.1, 0.15) is 0 Å². The molecule has 0 aliphatic heterocycles. The van der Waals surface area contributed by atoms with Crippen molar-refractivity contribution in [2.45, 2.75) is 19.3 Å². The second kappa shape index (κ2) is 6.82. The summed E-state index contributed by atoms with van der Waals surface area (Å²) < 4.78 is 0. The van der Waals surface area contributed by atoms with Gasteiger partial charge in [-0.05, 0) is 39.5 Å². The third-order valence-electron chi connectivity index (χ3n) is 2.56. The molecular weight excluding hydrogens is 212 g/mol. The van der Waals surface area contributed by atoms with Crippen LogP contribution in [0.5, 0.6) is 0 Å². The van der Waals surface area contributed by atoms with Crippen LogP contribution in [-0.2, 0) is 0 Å². The number of Topliss-reactive ketones (excluding diaryl/α,β-unsaturated/α-hetero) is 1. The molecule has 0 atom stereocenters. The Kier molecular flexibility index (Phi) is 5.38. The molecule has 0 aliphatic rings. The molecule has 90 valence electrons. The van der Waals surface area contributed by atoms with Crippen molar-refractivity contribution in [3.05, 3.63) is 41.2 Å². The average molecular weight is 230 g/mol. The molecule has 0 saturated carbocycles. The van der Waals surface area contributed by atoms with Gasteiger partial charge in [-0.15, -0.1) is 0 Å². The lowest BCUT2D eigenvalue weighted by molar-refractivity contribution is 0.0978. The number of unbranched alkanes of at least 4 members (excludes halogenated alkanes) is 1. The summed E-state index contributed by atoms with van der Waals surface area (Å²) >= 11 is 0. The van der Waals surface area contributed by atoms with E-state index in [1.807, 2.05) is 14.1 Å². The van der Waals surface area contributed by atoms with Crippen LogP contribution in [0, 0.1) is 6.57 Å². The third-order valence-corrected chi connectivity index (χ3v) is 2.56. The maximum atomic E-state index is 11.8. The van der Waals surface area contributed by atoms with E-state index in [0.29, 0.717) is 17.7 Å². The number of carbonyl (C=O) groups excluding carboxylic acids is 1. The van der Waals surface area contributed by atoms with Crippen molar-refractivity contribution in [2.75, 3.05) is 20.6 Å². The minimum atomic E-state index is 0.134. The van der Waals surface area contributed by atoms with Gasteiger partial charge >= 0.3 is 0 Å². The van der Waals surface area contributed by atoms with Gasteiger partial charge in [0, 0.05) is 12.0 Å². The van der Waals surface area contributed by atoms with Gasteiger partial charge in [0.2, 0.25) is 0 Å². The van der Waals surface area contributed by atoms with Crippen molar-refractivity contribution in [3.8, 4) is 0 Å². The van der Waals surface area contributed by atoms with Crippen molar-refractivity contribution in [1.82, 2.24) is 4.90 Å². The lowest BCUT2D eigenvalue weighted by Crippen LogP contribution is -2.13. The van der Waals surface area contributed by atoms with Crippen molar-refractivity contribution < 1.29 is 4.79 Å². The van der Waals surface area contributed by atoms with Crippen molar-refractivity contribution >= 4 is 11.5 Å². The van der Waals surface area contributed by atoms with E-state index < -0.39 is 0 Å². The molecule has 1 aromatic carbocycles. The predicted molar refractivity (Wildman–Crippen MR) is 69.4 cm³/mol. The molecule has 3 nitrogen and oxygen atoms in total. The van der Waals surface area contributed by atoms with Gasteiger partial charge in [0.25, 0.3) is 0 Å². The molecule has 1 aromatic rings. The predicted octanol–water partition coefficient (Wildman–Crippen LogP) is 3.15. The zero-order chi connectivity index (χ0) is 12.7. The Morgan fingerprint density at radius 2 is 2.12 bits per heavy atom. The van der Waals surface area contributed by atoms with E-state index in [0.717, 1.165) is 19.4 Å². The number of ketones is 1. The van der Waals surface area contributed by atoms with Crippen LogP contribution in [0.1, 0.15) is 29.6 Å². The van der Waals surface area contributed by atoms with Crippen LogP contribution in [0.2, 0.25) is 0 Å². The van der Waals surface area contributed by atoms with Crippen LogP contribution in [0.4, 0.5) is 5.69 Å². The van der Waals surface area contributed by atoms with Gasteiger partial charge in [-0.3, -0.25) is 4.79 Å². The summed E-state index contributed by atoms with van der Waals surface area (Å²) in [4.78, 5) is 17.3. The molecular formula is C14H18N2O. The Morgan fingerprint density at radius 1 is 1.35 bits per heavy atom. The fraction of sp³-hybridized carbons (Fsp3) is 0.429. The lowest BCUT2D eigenvalue weighted by atomic mass is 10.0. The second-order valence-electron chi connectivity index (χ2n) is 4.35. The van der Waals surface area contributed by atoms with E-state index >= 15 is 0 Å². The third kappa shape index (κ3) is 4.80. The molecule has 0 bridgehead atoms. The Balaban J connectivity index is 2.44. The Labute approximate surface area is 103 Å². The molecule has 17 heavy (non-hydrogen) atoms. The van der Waals surface area contributed by atoms with Gasteiger partial charge in [0.05, 0.1) is 6.57 Å². The first-order valence-corrected chi connectivity index (χ1v) is 5.79. The van der Waals surface area contributed by atoms with E-state index in [2.05, 4.69) is 9.74 Å². The van der Waals surface area contributed by atoms with Crippen LogP contribution >= 0.6 is 0 Å². The normalized spacial score (nSPS) is 10.2. The van der Waals surface area contributed by atoms with Crippen molar-refractivity contribution in [3.63, 3.8) is 0 Å². The Morgan fingerprint density at radius 3 is 2.76 bits per heavy atom. The van der Waals surface area contributed by atoms with Crippen LogP contribution in [0.25, 0.3) is 4.85 Å². The first-order valence-electron chi connectivity index (χ1n) is 5.79. The van der Waals surface area contributed by atoms with Crippen LogP contribution in [0.15, 0.2) is 24.3 Å². The number of hydrogen-bond acceptors (Lipinski definition) is 2. The Bertz CT molecular complexity index is 418. The molecule has 0 saturated heterocycles. The largest absolute Gasteiger partial charge is 0.309 e. The molecule has 3 heteroatoms. The summed E-state index contributed by atoms with van der Waals surface area (Å²) in [6, 6.07) is 6.93. The quantitative estimate of drug-likeness (QED) is 0.426. The van der Waals surface area contributed by atoms with Gasteiger partial charge in [-0.1, -0.05) is 18.2 Å². The average Bonchev–Trinajstić information content (AvgIpc) is 2.34. The summed E-state index contributed by atoms with van der Waals surface area (Å²) in [6.45, 7) is 7.91. The first kappa shape index (κ1) is 13.4. The van der Waals surface area contributed by atoms with E-state index in [-0.39, 0.29) is 5.78 Å². The highest BCUT2D eigenvalue weighted by Crippen LogP contribution is 2.15. The van der Waals surface area contributed by atoms with Crippen molar-refractivity contribution in [2.24, 2.45) is 0 Å². The highest BCUT2D eigenvalue weighted by atomic mass is 16.1. The van der Waals surface area contributed by atoms with Gasteiger partial charge in [-0.25, -0.2) is 4.85 Å². The maximum Gasteiger partial charge on any atom is 0.187 e. The SMILES string of the molecule is [C-]#[N+]c1cccc(C(=O)CCCCN(C)C)c1. The molecule has 0 heterocycles. The maximum absolute atomic E-state index is 11.8. The topological polar surface area (TPSA) is 24.7 Å². The van der Waals surface area contributed by atoms with Gasteiger partial charge in [-0.2, -0.15) is 0 Å². The minimum absolute atomic E-state index is 0.134. The van der Waals surface area contributed by atoms with E-state index in [4.69, 9.17) is 6.57 Å². The summed E-state index contributed by atoms with van der Waals surface area (Å²) in [7, 11) is 4.06. The molecule has 0 aromatic heterocycles. The molecule has 0 amide bonds. The Hall–Kier alpha value is -1.66. The minimum Gasteiger partial charge on any atom is -0.309 e. The summed E-state index contributed by atoms with van der Waals surface area (Å²) in [5, 5.41) is 0. The second-order valence-corrected chi connectivity index (χ2v) is 4.35. The molecule has 0 aliphatic carbocycles. The number of carbonyl (C=O) groups is 1. The van der Waals surface area contributed by atoms with Gasteiger partial charge < -0.3 is 4.90 Å². The molecule has 0 unspecified atom stereocenters.